The topological polar surface area (TPSA) is 81.8 Å². The molecular formula is C11H7NO5. The highest BCUT2D eigenvalue weighted by atomic mass is 16.7. The maximum atomic E-state index is 10.7. The number of carbonyl (C=O) groups is 1. The van der Waals surface area contributed by atoms with Crippen molar-refractivity contribution in [2.24, 2.45) is 0 Å². The number of benzene rings is 1. The van der Waals surface area contributed by atoms with Crippen molar-refractivity contribution in [1.82, 2.24) is 5.16 Å². The van der Waals surface area contributed by atoms with Gasteiger partial charge in [-0.15, -0.1) is 0 Å². The van der Waals surface area contributed by atoms with E-state index < -0.39 is 5.97 Å². The van der Waals surface area contributed by atoms with Crippen LogP contribution < -0.4 is 9.47 Å². The van der Waals surface area contributed by atoms with Gasteiger partial charge in [-0.25, -0.2) is 4.79 Å². The van der Waals surface area contributed by atoms with E-state index >= 15 is 0 Å². The molecule has 0 unspecified atom stereocenters. The van der Waals surface area contributed by atoms with E-state index in [-0.39, 0.29) is 12.6 Å². The Morgan fingerprint density at radius 2 is 2.06 bits per heavy atom. The normalized spacial score (nSPS) is 12.7. The highest BCUT2D eigenvalue weighted by Gasteiger charge is 2.17. The Labute approximate surface area is 95.4 Å². The lowest BCUT2D eigenvalue weighted by molar-refractivity contribution is 0.0652. The van der Waals surface area contributed by atoms with Crippen LogP contribution in [0.25, 0.3) is 11.3 Å². The van der Waals surface area contributed by atoms with Gasteiger partial charge in [0.1, 0.15) is 5.69 Å². The summed E-state index contributed by atoms with van der Waals surface area (Å²) >= 11 is 0. The molecule has 2 heterocycles. The fourth-order valence-electron chi connectivity index (χ4n) is 1.57. The fraction of sp³-hybridized carbons (Fsp3) is 0.0909. The molecule has 17 heavy (non-hydrogen) atoms. The second-order valence-electron chi connectivity index (χ2n) is 3.45. The van der Waals surface area contributed by atoms with E-state index in [4.69, 9.17) is 14.6 Å². The molecule has 0 aliphatic carbocycles. The molecule has 1 aromatic carbocycles. The van der Waals surface area contributed by atoms with Gasteiger partial charge in [0.25, 0.3) is 0 Å². The molecule has 0 saturated carbocycles. The Morgan fingerprint density at radius 1 is 1.24 bits per heavy atom. The van der Waals surface area contributed by atoms with E-state index in [9.17, 15) is 4.79 Å². The number of hydrogen-bond donors (Lipinski definition) is 1. The Balaban J connectivity index is 2.00. The van der Waals surface area contributed by atoms with E-state index in [2.05, 4.69) is 9.68 Å². The minimum absolute atomic E-state index is 0.192. The lowest BCUT2D eigenvalue weighted by atomic mass is 10.1. The smallest absolute Gasteiger partial charge is 0.374 e. The van der Waals surface area contributed by atoms with Gasteiger partial charge < -0.3 is 19.1 Å². The van der Waals surface area contributed by atoms with Gasteiger partial charge in [-0.1, -0.05) is 5.16 Å². The molecule has 0 radical (unpaired) electrons. The van der Waals surface area contributed by atoms with Crippen molar-refractivity contribution >= 4 is 5.97 Å². The van der Waals surface area contributed by atoms with E-state index in [1.54, 1.807) is 18.2 Å². The number of aromatic nitrogens is 1. The molecule has 0 fully saturated rings. The van der Waals surface area contributed by atoms with Gasteiger partial charge >= 0.3 is 5.97 Å². The first-order valence-electron chi connectivity index (χ1n) is 4.84. The largest absolute Gasteiger partial charge is 0.475 e. The van der Waals surface area contributed by atoms with Crippen LogP contribution in [-0.2, 0) is 0 Å². The minimum atomic E-state index is -1.15. The fourth-order valence-corrected chi connectivity index (χ4v) is 1.57. The average molecular weight is 233 g/mol. The SMILES string of the molecule is O=C(O)c1cc(-c2ccc3c(c2)OCO3)no1. The summed E-state index contributed by atoms with van der Waals surface area (Å²) in [5, 5.41) is 12.4. The quantitative estimate of drug-likeness (QED) is 0.851. The zero-order valence-corrected chi connectivity index (χ0v) is 8.54. The average Bonchev–Trinajstić information content (AvgIpc) is 2.97. The van der Waals surface area contributed by atoms with Crippen molar-refractivity contribution in [3.8, 4) is 22.8 Å². The molecule has 6 heteroatoms. The molecule has 6 nitrogen and oxygen atoms in total. The Kier molecular flexibility index (Phi) is 2.01. The summed E-state index contributed by atoms with van der Waals surface area (Å²) in [5.41, 5.74) is 1.16. The van der Waals surface area contributed by atoms with Crippen LogP contribution in [0.5, 0.6) is 11.5 Å². The van der Waals surface area contributed by atoms with Crippen LogP contribution in [0.2, 0.25) is 0 Å². The maximum Gasteiger partial charge on any atom is 0.374 e. The lowest BCUT2D eigenvalue weighted by Gasteiger charge is -1.98. The summed E-state index contributed by atoms with van der Waals surface area (Å²) in [5.74, 6) is -0.0692. The van der Waals surface area contributed by atoms with Crippen LogP contribution in [0.15, 0.2) is 28.8 Å². The molecule has 1 aliphatic heterocycles. The summed E-state index contributed by atoms with van der Waals surface area (Å²) in [6.07, 6.45) is 0. The molecule has 0 atom stereocenters. The van der Waals surface area contributed by atoms with Gasteiger partial charge in [-0.2, -0.15) is 0 Å². The molecule has 3 rings (SSSR count). The lowest BCUT2D eigenvalue weighted by Crippen LogP contribution is -1.92. The summed E-state index contributed by atoms with van der Waals surface area (Å²) in [6.45, 7) is 0.192. The Hall–Kier alpha value is -2.50. The van der Waals surface area contributed by atoms with Crippen LogP contribution in [-0.4, -0.2) is 23.0 Å². The number of fused-ring (bicyclic) bond motifs is 1. The monoisotopic (exact) mass is 233 g/mol. The number of rotatable bonds is 2. The summed E-state index contributed by atoms with van der Waals surface area (Å²) in [6, 6.07) is 6.59. The summed E-state index contributed by atoms with van der Waals surface area (Å²) in [4.78, 5) is 10.7. The second-order valence-corrected chi connectivity index (χ2v) is 3.45. The number of carboxylic acid groups (broad SMARTS) is 1. The van der Waals surface area contributed by atoms with E-state index in [0.29, 0.717) is 22.8 Å². The zero-order chi connectivity index (χ0) is 11.8. The first kappa shape index (κ1) is 9.71. The van der Waals surface area contributed by atoms with Gasteiger partial charge in [0, 0.05) is 11.6 Å². The van der Waals surface area contributed by atoms with Crippen molar-refractivity contribution in [2.75, 3.05) is 6.79 Å². The number of hydrogen-bond acceptors (Lipinski definition) is 5. The summed E-state index contributed by atoms with van der Waals surface area (Å²) < 4.78 is 15.1. The molecule has 1 aliphatic rings. The third-order valence-corrected chi connectivity index (χ3v) is 2.39. The van der Waals surface area contributed by atoms with Crippen LogP contribution in [0, 0.1) is 0 Å². The number of aromatic carboxylic acids is 1. The molecule has 0 saturated heterocycles. The van der Waals surface area contributed by atoms with Crippen LogP contribution in [0.3, 0.4) is 0 Å². The minimum Gasteiger partial charge on any atom is -0.475 e. The van der Waals surface area contributed by atoms with Gasteiger partial charge in [-0.3, -0.25) is 0 Å². The molecule has 2 aromatic rings. The summed E-state index contributed by atoms with van der Waals surface area (Å²) in [7, 11) is 0. The molecule has 86 valence electrons. The first-order chi connectivity index (χ1) is 8.24. The van der Waals surface area contributed by atoms with Crippen molar-refractivity contribution in [3.05, 3.63) is 30.0 Å². The van der Waals surface area contributed by atoms with Crippen molar-refractivity contribution in [3.63, 3.8) is 0 Å². The Morgan fingerprint density at radius 3 is 2.82 bits per heavy atom. The van der Waals surface area contributed by atoms with Gasteiger partial charge in [0.2, 0.25) is 12.6 Å². The van der Waals surface area contributed by atoms with Crippen molar-refractivity contribution < 1.29 is 23.9 Å². The number of nitrogens with zero attached hydrogens (tertiary/aromatic N) is 1. The number of ether oxygens (including phenoxy) is 2. The highest BCUT2D eigenvalue weighted by molar-refractivity contribution is 5.85. The third kappa shape index (κ3) is 1.59. The van der Waals surface area contributed by atoms with Crippen molar-refractivity contribution in [1.29, 1.82) is 0 Å². The maximum absolute atomic E-state index is 10.7. The molecule has 1 aromatic heterocycles. The van der Waals surface area contributed by atoms with Gasteiger partial charge in [0.15, 0.2) is 11.5 Å². The number of carboxylic acids is 1. The predicted octanol–water partition coefficient (Wildman–Crippen LogP) is 1.77. The predicted molar refractivity (Wildman–Crippen MR) is 55.0 cm³/mol. The van der Waals surface area contributed by atoms with Gasteiger partial charge in [-0.05, 0) is 18.2 Å². The molecule has 0 amide bonds. The van der Waals surface area contributed by atoms with Crippen LogP contribution in [0.1, 0.15) is 10.6 Å². The molecule has 0 bridgehead atoms. The Bertz CT molecular complexity index is 589. The standard InChI is InChI=1S/C11H7NO5/c13-11(14)10-4-7(12-17-10)6-1-2-8-9(3-6)16-5-15-8/h1-4H,5H2,(H,13,14). The van der Waals surface area contributed by atoms with E-state index in [1.807, 2.05) is 0 Å². The third-order valence-electron chi connectivity index (χ3n) is 2.39. The molecular weight excluding hydrogens is 226 g/mol. The highest BCUT2D eigenvalue weighted by Crippen LogP contribution is 2.35. The van der Waals surface area contributed by atoms with E-state index in [0.717, 1.165) is 0 Å². The molecule has 1 N–H and O–H groups in total. The first-order valence-corrected chi connectivity index (χ1v) is 4.84. The van der Waals surface area contributed by atoms with Gasteiger partial charge in [0.05, 0.1) is 0 Å². The van der Waals surface area contributed by atoms with Crippen molar-refractivity contribution in [2.45, 2.75) is 0 Å². The van der Waals surface area contributed by atoms with Crippen LogP contribution >= 0.6 is 0 Å². The second kappa shape index (κ2) is 3.51. The van der Waals surface area contributed by atoms with E-state index in [1.165, 1.54) is 6.07 Å². The van der Waals surface area contributed by atoms with Crippen LogP contribution in [0.4, 0.5) is 0 Å². The zero-order valence-electron chi connectivity index (χ0n) is 8.54. The molecule has 0 spiro atoms.